The van der Waals surface area contributed by atoms with Crippen LogP contribution in [0.15, 0.2) is 40.0 Å². The molecule has 0 aliphatic carbocycles. The minimum Gasteiger partial charge on any atom is -0.264 e. The summed E-state index contributed by atoms with van der Waals surface area (Å²) in [6.45, 7) is 5.79. The summed E-state index contributed by atoms with van der Waals surface area (Å²) >= 11 is 3.45. The number of halogens is 1. The highest BCUT2D eigenvalue weighted by Crippen LogP contribution is 2.30. The minimum atomic E-state index is -3.57. The first-order valence-electron chi connectivity index (χ1n) is 6.48. The number of pyridine rings is 1. The molecule has 0 saturated carbocycles. The fraction of sp³-hybridized carbons (Fsp3) is 0.267. The average Bonchev–Trinajstić information content (AvgIpc) is 2.44. The standard InChI is InChI=1S/C15H17BrN2O2S/c1-10-7-11(2)15(12(3)14(10)16)21(19,20)18-9-13-5-4-6-17-8-13/h4-8,18H,9H2,1-3H3. The maximum absolute atomic E-state index is 12.6. The Morgan fingerprint density at radius 2 is 1.95 bits per heavy atom. The third-order valence-electron chi connectivity index (χ3n) is 3.27. The molecule has 0 bridgehead atoms. The molecule has 6 heteroatoms. The van der Waals surface area contributed by atoms with Crippen molar-refractivity contribution in [2.75, 3.05) is 0 Å². The Morgan fingerprint density at radius 3 is 2.57 bits per heavy atom. The lowest BCUT2D eigenvalue weighted by Gasteiger charge is -2.15. The van der Waals surface area contributed by atoms with Crippen molar-refractivity contribution in [1.82, 2.24) is 9.71 Å². The molecule has 0 unspecified atom stereocenters. The first-order chi connectivity index (χ1) is 9.83. The molecule has 0 spiro atoms. The van der Waals surface area contributed by atoms with E-state index in [1.54, 1.807) is 18.5 Å². The van der Waals surface area contributed by atoms with Gasteiger partial charge in [0.1, 0.15) is 0 Å². The van der Waals surface area contributed by atoms with E-state index in [0.29, 0.717) is 4.90 Å². The van der Waals surface area contributed by atoms with Gasteiger partial charge >= 0.3 is 0 Å². The Bertz CT molecular complexity index is 759. The monoisotopic (exact) mass is 368 g/mol. The van der Waals surface area contributed by atoms with E-state index in [9.17, 15) is 8.42 Å². The molecule has 0 amide bonds. The van der Waals surface area contributed by atoms with E-state index >= 15 is 0 Å². The van der Waals surface area contributed by atoms with Crippen LogP contribution in [-0.2, 0) is 16.6 Å². The second kappa shape index (κ2) is 6.25. The zero-order chi connectivity index (χ0) is 15.6. The predicted octanol–water partition coefficient (Wildman–Crippen LogP) is 3.25. The molecule has 112 valence electrons. The van der Waals surface area contributed by atoms with Crippen molar-refractivity contribution < 1.29 is 8.42 Å². The fourth-order valence-corrected chi connectivity index (χ4v) is 4.24. The maximum Gasteiger partial charge on any atom is 0.241 e. The number of hydrogen-bond acceptors (Lipinski definition) is 3. The Balaban J connectivity index is 2.35. The van der Waals surface area contributed by atoms with Crippen LogP contribution in [0.4, 0.5) is 0 Å². The van der Waals surface area contributed by atoms with Gasteiger partial charge in [0.25, 0.3) is 0 Å². The van der Waals surface area contributed by atoms with Crippen molar-refractivity contribution in [3.8, 4) is 0 Å². The molecule has 21 heavy (non-hydrogen) atoms. The van der Waals surface area contributed by atoms with Crippen LogP contribution in [0, 0.1) is 20.8 Å². The van der Waals surface area contributed by atoms with Crippen molar-refractivity contribution in [2.24, 2.45) is 0 Å². The van der Waals surface area contributed by atoms with Crippen LogP contribution < -0.4 is 4.72 Å². The van der Waals surface area contributed by atoms with Crippen LogP contribution in [0.5, 0.6) is 0 Å². The highest BCUT2D eigenvalue weighted by molar-refractivity contribution is 9.10. The molecule has 0 radical (unpaired) electrons. The van der Waals surface area contributed by atoms with Crippen molar-refractivity contribution in [3.05, 3.63) is 57.3 Å². The molecule has 2 rings (SSSR count). The van der Waals surface area contributed by atoms with Crippen LogP contribution in [0.25, 0.3) is 0 Å². The lowest BCUT2D eigenvalue weighted by Crippen LogP contribution is -2.25. The van der Waals surface area contributed by atoms with Crippen LogP contribution in [-0.4, -0.2) is 13.4 Å². The lowest BCUT2D eigenvalue weighted by molar-refractivity contribution is 0.580. The lowest BCUT2D eigenvalue weighted by atomic mass is 10.1. The molecule has 0 fully saturated rings. The normalized spacial score (nSPS) is 11.6. The predicted molar refractivity (Wildman–Crippen MR) is 86.6 cm³/mol. The first kappa shape index (κ1) is 16.1. The zero-order valence-electron chi connectivity index (χ0n) is 12.1. The average molecular weight is 369 g/mol. The SMILES string of the molecule is Cc1cc(C)c(S(=O)(=O)NCc2cccnc2)c(C)c1Br. The molecular weight excluding hydrogens is 352 g/mol. The van der Waals surface area contributed by atoms with Crippen LogP contribution in [0.3, 0.4) is 0 Å². The van der Waals surface area contributed by atoms with Gasteiger partial charge in [0.15, 0.2) is 0 Å². The van der Waals surface area contributed by atoms with Gasteiger partial charge in [-0.3, -0.25) is 4.98 Å². The number of aryl methyl sites for hydroxylation is 2. The fourth-order valence-electron chi connectivity index (χ4n) is 2.31. The highest BCUT2D eigenvalue weighted by atomic mass is 79.9. The van der Waals surface area contributed by atoms with Crippen molar-refractivity contribution in [3.63, 3.8) is 0 Å². The van der Waals surface area contributed by atoms with Gasteiger partial charge in [0.05, 0.1) is 4.90 Å². The number of aromatic nitrogens is 1. The molecular formula is C15H17BrN2O2S. The summed E-state index contributed by atoms with van der Waals surface area (Å²) in [5.41, 5.74) is 3.32. The Kier molecular flexibility index (Phi) is 4.81. The van der Waals surface area contributed by atoms with Gasteiger partial charge in [-0.15, -0.1) is 0 Å². The summed E-state index contributed by atoms with van der Waals surface area (Å²) in [6.07, 6.45) is 3.30. The number of hydrogen-bond donors (Lipinski definition) is 1. The Morgan fingerprint density at radius 1 is 1.24 bits per heavy atom. The summed E-state index contributed by atoms with van der Waals surface area (Å²) in [7, 11) is -3.57. The number of benzene rings is 1. The number of sulfonamides is 1. The van der Waals surface area contributed by atoms with Crippen molar-refractivity contribution >= 4 is 26.0 Å². The van der Waals surface area contributed by atoms with Gasteiger partial charge < -0.3 is 0 Å². The molecule has 1 aromatic carbocycles. The molecule has 0 atom stereocenters. The Hall–Kier alpha value is -1.24. The molecule has 0 aliphatic rings. The maximum atomic E-state index is 12.6. The van der Waals surface area contributed by atoms with Gasteiger partial charge in [-0.1, -0.05) is 28.1 Å². The second-order valence-corrected chi connectivity index (χ2v) is 7.46. The van der Waals surface area contributed by atoms with Crippen molar-refractivity contribution in [2.45, 2.75) is 32.2 Å². The first-order valence-corrected chi connectivity index (χ1v) is 8.75. The zero-order valence-corrected chi connectivity index (χ0v) is 14.5. The summed E-state index contributed by atoms with van der Waals surface area (Å²) < 4.78 is 28.6. The summed E-state index contributed by atoms with van der Waals surface area (Å²) in [6, 6.07) is 5.48. The van der Waals surface area contributed by atoms with Gasteiger partial charge in [0.2, 0.25) is 10.0 Å². The van der Waals surface area contributed by atoms with E-state index in [1.165, 1.54) is 0 Å². The van der Waals surface area contributed by atoms with E-state index < -0.39 is 10.0 Å². The van der Waals surface area contributed by atoms with Gasteiger partial charge in [-0.25, -0.2) is 13.1 Å². The summed E-state index contributed by atoms with van der Waals surface area (Å²) in [4.78, 5) is 4.31. The highest BCUT2D eigenvalue weighted by Gasteiger charge is 2.21. The van der Waals surface area contributed by atoms with E-state index in [1.807, 2.05) is 32.9 Å². The number of nitrogens with zero attached hydrogens (tertiary/aromatic N) is 1. The van der Waals surface area contributed by atoms with Gasteiger partial charge in [-0.05, 0) is 49.1 Å². The smallest absolute Gasteiger partial charge is 0.241 e. The van der Waals surface area contributed by atoms with Crippen LogP contribution in [0.2, 0.25) is 0 Å². The van der Waals surface area contributed by atoms with Crippen LogP contribution in [0.1, 0.15) is 22.3 Å². The number of nitrogens with one attached hydrogen (secondary N) is 1. The molecule has 0 saturated heterocycles. The molecule has 1 aromatic heterocycles. The molecule has 1 heterocycles. The van der Waals surface area contributed by atoms with E-state index in [4.69, 9.17) is 0 Å². The van der Waals surface area contributed by atoms with Gasteiger partial charge in [-0.2, -0.15) is 0 Å². The minimum absolute atomic E-state index is 0.223. The summed E-state index contributed by atoms with van der Waals surface area (Å²) in [5.74, 6) is 0. The second-order valence-electron chi connectivity index (χ2n) is 4.96. The largest absolute Gasteiger partial charge is 0.264 e. The third kappa shape index (κ3) is 3.51. The Labute approximate surface area is 133 Å². The molecule has 2 aromatic rings. The van der Waals surface area contributed by atoms with Crippen molar-refractivity contribution in [1.29, 1.82) is 0 Å². The molecule has 0 aliphatic heterocycles. The van der Waals surface area contributed by atoms with Crippen LogP contribution >= 0.6 is 15.9 Å². The summed E-state index contributed by atoms with van der Waals surface area (Å²) in [5, 5.41) is 0. The topological polar surface area (TPSA) is 59.1 Å². The van der Waals surface area contributed by atoms with Gasteiger partial charge in [0, 0.05) is 23.4 Å². The quantitative estimate of drug-likeness (QED) is 0.900. The van der Waals surface area contributed by atoms with E-state index in [-0.39, 0.29) is 6.54 Å². The molecule has 4 nitrogen and oxygen atoms in total. The number of rotatable bonds is 4. The van der Waals surface area contributed by atoms with E-state index in [0.717, 1.165) is 26.7 Å². The third-order valence-corrected chi connectivity index (χ3v) is 6.18. The van der Waals surface area contributed by atoms with E-state index in [2.05, 4.69) is 25.6 Å². The molecule has 1 N–H and O–H groups in total.